The summed E-state index contributed by atoms with van der Waals surface area (Å²) < 4.78 is 27.6. The lowest BCUT2D eigenvalue weighted by molar-refractivity contribution is -0.385. The number of hydrogen-bond donors (Lipinski definition) is 3. The molecule has 1 amide bonds. The molecule has 0 aliphatic carbocycles. The van der Waals surface area contributed by atoms with E-state index in [9.17, 15) is 23.3 Å². The van der Waals surface area contributed by atoms with Crippen molar-refractivity contribution in [2.45, 2.75) is 18.2 Å². The first kappa shape index (κ1) is 23.7. The number of para-hydroxylation sites is 1. The molecule has 0 bridgehead atoms. The van der Waals surface area contributed by atoms with E-state index < -0.39 is 14.9 Å². The Hall–Kier alpha value is -3.92. The highest BCUT2D eigenvalue weighted by Crippen LogP contribution is 2.24. The summed E-state index contributed by atoms with van der Waals surface area (Å²) in [6.07, 6.45) is 0.737. The quantitative estimate of drug-likeness (QED) is 0.235. The molecule has 3 rings (SSSR count). The number of aryl methyl sites for hydroxylation is 1. The zero-order valence-electron chi connectivity index (χ0n) is 17.9. The van der Waals surface area contributed by atoms with Crippen molar-refractivity contribution in [1.82, 2.24) is 5.32 Å². The number of nitro groups is 1. The van der Waals surface area contributed by atoms with Gasteiger partial charge in [-0.05, 0) is 55.8 Å². The van der Waals surface area contributed by atoms with Gasteiger partial charge in [0.25, 0.3) is 21.6 Å². The lowest BCUT2D eigenvalue weighted by Gasteiger charge is -2.10. The minimum atomic E-state index is -4.02. The number of nitrogens with one attached hydrogen (secondary N) is 3. The van der Waals surface area contributed by atoms with E-state index in [4.69, 9.17) is 0 Å². The van der Waals surface area contributed by atoms with E-state index in [2.05, 4.69) is 15.4 Å². The summed E-state index contributed by atoms with van der Waals surface area (Å²) >= 11 is 0. The molecule has 0 heterocycles. The Bertz CT molecular complexity index is 1230. The molecule has 0 aliphatic heterocycles. The molecule has 33 heavy (non-hydrogen) atoms. The standard InChI is InChI=1S/C23H24N4O5S/c1-17-8-13-21(16-22(17)27(29)30)33(31,32)26-20-11-9-18(10-12-20)23(28)25-15-5-14-24-19-6-3-2-4-7-19/h2-4,6-13,16,24,26H,5,14-15H2,1H3,(H,25,28). The number of carbonyl (C=O) groups is 1. The van der Waals surface area contributed by atoms with Crippen LogP contribution in [0.4, 0.5) is 17.1 Å². The van der Waals surface area contributed by atoms with Crippen molar-refractivity contribution in [1.29, 1.82) is 0 Å². The summed E-state index contributed by atoms with van der Waals surface area (Å²) in [4.78, 5) is 22.5. The molecule has 0 radical (unpaired) electrons. The summed E-state index contributed by atoms with van der Waals surface area (Å²) in [5, 5.41) is 17.2. The van der Waals surface area contributed by atoms with Gasteiger partial charge in [0.1, 0.15) is 0 Å². The van der Waals surface area contributed by atoms with E-state index in [0.29, 0.717) is 24.2 Å². The molecule has 3 N–H and O–H groups in total. The van der Waals surface area contributed by atoms with Crippen molar-refractivity contribution < 1.29 is 18.1 Å². The Kier molecular flexibility index (Phi) is 7.62. The van der Waals surface area contributed by atoms with E-state index in [-0.39, 0.29) is 22.2 Å². The van der Waals surface area contributed by atoms with Gasteiger partial charge in [-0.3, -0.25) is 19.6 Å². The fourth-order valence-corrected chi connectivity index (χ4v) is 4.12. The molecule has 172 valence electrons. The lowest BCUT2D eigenvalue weighted by atomic mass is 10.2. The van der Waals surface area contributed by atoms with Gasteiger partial charge in [-0.1, -0.05) is 24.3 Å². The largest absolute Gasteiger partial charge is 0.385 e. The number of nitrogens with zero attached hydrogens (tertiary/aromatic N) is 1. The Labute approximate surface area is 192 Å². The van der Waals surface area contributed by atoms with Crippen molar-refractivity contribution >= 4 is 33.0 Å². The van der Waals surface area contributed by atoms with Crippen LogP contribution in [0.5, 0.6) is 0 Å². The third-order valence-electron chi connectivity index (χ3n) is 4.83. The topological polar surface area (TPSA) is 130 Å². The van der Waals surface area contributed by atoms with Crippen LogP contribution in [0.15, 0.2) is 77.7 Å². The van der Waals surface area contributed by atoms with Crippen LogP contribution in [0.2, 0.25) is 0 Å². The van der Waals surface area contributed by atoms with Crippen molar-refractivity contribution in [3.8, 4) is 0 Å². The van der Waals surface area contributed by atoms with Gasteiger partial charge in [-0.15, -0.1) is 0 Å². The number of carbonyl (C=O) groups excluding carboxylic acids is 1. The number of amides is 1. The smallest absolute Gasteiger partial charge is 0.273 e. The van der Waals surface area contributed by atoms with E-state index in [1.807, 2.05) is 30.3 Å². The predicted molar refractivity (Wildman–Crippen MR) is 127 cm³/mol. The van der Waals surface area contributed by atoms with Gasteiger partial charge in [0.05, 0.1) is 9.82 Å². The van der Waals surface area contributed by atoms with Crippen LogP contribution in [0.1, 0.15) is 22.3 Å². The van der Waals surface area contributed by atoms with Gasteiger partial charge in [-0.25, -0.2) is 8.42 Å². The SMILES string of the molecule is Cc1ccc(S(=O)(=O)Nc2ccc(C(=O)NCCCNc3ccccc3)cc2)cc1[N+](=O)[O-]. The van der Waals surface area contributed by atoms with E-state index in [1.165, 1.54) is 43.3 Å². The van der Waals surface area contributed by atoms with Gasteiger partial charge < -0.3 is 10.6 Å². The van der Waals surface area contributed by atoms with E-state index in [1.54, 1.807) is 0 Å². The maximum Gasteiger partial charge on any atom is 0.273 e. The van der Waals surface area contributed by atoms with Crippen LogP contribution in [0.3, 0.4) is 0 Å². The van der Waals surface area contributed by atoms with Crippen LogP contribution >= 0.6 is 0 Å². The van der Waals surface area contributed by atoms with E-state index in [0.717, 1.165) is 18.2 Å². The Morgan fingerprint density at radius 2 is 1.64 bits per heavy atom. The average molecular weight is 469 g/mol. The third kappa shape index (κ3) is 6.53. The summed E-state index contributed by atoms with van der Waals surface area (Å²) in [6.45, 7) is 2.73. The molecule has 0 aliphatic rings. The van der Waals surface area contributed by atoms with Crippen molar-refractivity contribution in [2.24, 2.45) is 0 Å². The zero-order valence-corrected chi connectivity index (χ0v) is 18.8. The van der Waals surface area contributed by atoms with Crippen LogP contribution in [-0.4, -0.2) is 32.3 Å². The first-order valence-corrected chi connectivity index (χ1v) is 11.7. The van der Waals surface area contributed by atoms with Gasteiger partial charge in [0, 0.05) is 41.7 Å². The third-order valence-corrected chi connectivity index (χ3v) is 6.21. The number of sulfonamides is 1. The average Bonchev–Trinajstić information content (AvgIpc) is 2.79. The first-order chi connectivity index (χ1) is 15.8. The molecular formula is C23H24N4O5S. The van der Waals surface area contributed by atoms with Crippen molar-refractivity contribution in [2.75, 3.05) is 23.1 Å². The normalized spacial score (nSPS) is 10.9. The molecule has 9 nitrogen and oxygen atoms in total. The fraction of sp³-hybridized carbons (Fsp3) is 0.174. The molecule has 0 atom stereocenters. The van der Waals surface area contributed by atoms with E-state index >= 15 is 0 Å². The highest BCUT2D eigenvalue weighted by atomic mass is 32.2. The molecule has 0 spiro atoms. The second kappa shape index (κ2) is 10.6. The molecule has 0 fully saturated rings. The number of nitro benzene ring substituents is 1. The number of benzene rings is 3. The predicted octanol–water partition coefficient (Wildman–Crippen LogP) is 3.94. The molecule has 0 saturated heterocycles. The molecular weight excluding hydrogens is 444 g/mol. The molecule has 0 aromatic heterocycles. The van der Waals surface area contributed by atoms with Gasteiger partial charge >= 0.3 is 0 Å². The first-order valence-electron chi connectivity index (χ1n) is 10.2. The maximum absolute atomic E-state index is 12.6. The summed E-state index contributed by atoms with van der Waals surface area (Å²) in [7, 11) is -4.02. The number of rotatable bonds is 10. The fourth-order valence-electron chi connectivity index (χ4n) is 3.04. The highest BCUT2D eigenvalue weighted by Gasteiger charge is 2.20. The van der Waals surface area contributed by atoms with Gasteiger partial charge in [-0.2, -0.15) is 0 Å². The molecule has 0 unspecified atom stereocenters. The minimum Gasteiger partial charge on any atom is -0.385 e. The molecule has 0 saturated carbocycles. The van der Waals surface area contributed by atoms with Crippen molar-refractivity contribution in [3.05, 3.63) is 94.0 Å². The highest BCUT2D eigenvalue weighted by molar-refractivity contribution is 7.92. The van der Waals surface area contributed by atoms with Crippen LogP contribution in [0, 0.1) is 17.0 Å². The van der Waals surface area contributed by atoms with Crippen molar-refractivity contribution in [3.63, 3.8) is 0 Å². The number of anilines is 2. The van der Waals surface area contributed by atoms with Crippen LogP contribution < -0.4 is 15.4 Å². The zero-order chi connectivity index (χ0) is 23.8. The van der Waals surface area contributed by atoms with Crippen LogP contribution in [-0.2, 0) is 10.0 Å². The van der Waals surface area contributed by atoms with Gasteiger partial charge in [0.2, 0.25) is 0 Å². The maximum atomic E-state index is 12.6. The molecule has 10 heteroatoms. The lowest BCUT2D eigenvalue weighted by Crippen LogP contribution is -2.25. The minimum absolute atomic E-state index is 0.217. The molecule has 3 aromatic rings. The Morgan fingerprint density at radius 1 is 0.939 bits per heavy atom. The summed E-state index contributed by atoms with van der Waals surface area (Å²) in [5.41, 5.74) is 1.73. The second-order valence-corrected chi connectivity index (χ2v) is 8.97. The molecule has 3 aromatic carbocycles. The second-order valence-electron chi connectivity index (χ2n) is 7.29. The van der Waals surface area contributed by atoms with Gasteiger partial charge in [0.15, 0.2) is 0 Å². The Morgan fingerprint density at radius 3 is 2.30 bits per heavy atom. The number of hydrogen-bond acceptors (Lipinski definition) is 6. The summed E-state index contributed by atoms with van der Waals surface area (Å²) in [5.74, 6) is -0.265. The summed E-state index contributed by atoms with van der Waals surface area (Å²) in [6, 6.07) is 19.4. The monoisotopic (exact) mass is 468 g/mol. The Balaban J connectivity index is 1.53. The van der Waals surface area contributed by atoms with Crippen LogP contribution in [0.25, 0.3) is 0 Å².